The molecule has 0 saturated carbocycles. The molecule has 0 heterocycles. The van der Waals surface area contributed by atoms with E-state index in [2.05, 4.69) is 4.99 Å². The summed E-state index contributed by atoms with van der Waals surface area (Å²) < 4.78 is 4.95. The Hall–Kier alpha value is -1.64. The molecule has 0 bridgehead atoms. The molecular weight excluding hydrogens is 226 g/mol. The Morgan fingerprint density at radius 3 is 2.50 bits per heavy atom. The number of aliphatic imine (C=N–C) groups is 1. The number of carbonyl (C=O) groups is 1. The summed E-state index contributed by atoms with van der Waals surface area (Å²) in [4.78, 5) is 16.0. The first-order valence-corrected chi connectivity index (χ1v) is 6.36. The van der Waals surface area contributed by atoms with Gasteiger partial charge < -0.3 is 4.74 Å². The molecule has 0 aliphatic heterocycles. The molecule has 0 N–H and O–H groups in total. The van der Waals surface area contributed by atoms with Crippen molar-refractivity contribution < 1.29 is 9.53 Å². The second-order valence-corrected chi connectivity index (χ2v) is 4.43. The van der Waals surface area contributed by atoms with Gasteiger partial charge in [-0.25, -0.2) is 0 Å². The van der Waals surface area contributed by atoms with Crippen molar-refractivity contribution in [2.24, 2.45) is 10.9 Å². The lowest BCUT2D eigenvalue weighted by Crippen LogP contribution is -2.16. The fourth-order valence-electron chi connectivity index (χ4n) is 1.58. The molecule has 98 valence electrons. The molecule has 0 aliphatic rings. The number of nitrogens with zero attached hydrogens (tertiary/aromatic N) is 1. The van der Waals surface area contributed by atoms with Crippen LogP contribution in [0.4, 0.5) is 0 Å². The number of esters is 1. The summed E-state index contributed by atoms with van der Waals surface area (Å²) in [6.07, 6.45) is 0.290. The van der Waals surface area contributed by atoms with Gasteiger partial charge in [0.25, 0.3) is 0 Å². The number of ether oxygens (including phenoxy) is 1. The Kier molecular flexibility index (Phi) is 6.12. The average molecular weight is 247 g/mol. The van der Waals surface area contributed by atoms with Crippen LogP contribution in [0.3, 0.4) is 0 Å². The van der Waals surface area contributed by atoms with E-state index in [1.54, 1.807) is 0 Å². The molecule has 1 rings (SSSR count). The van der Waals surface area contributed by atoms with Crippen LogP contribution in [0, 0.1) is 5.92 Å². The zero-order chi connectivity index (χ0) is 13.4. The third-order valence-corrected chi connectivity index (χ3v) is 2.60. The third kappa shape index (κ3) is 5.13. The Balaban J connectivity index is 2.64. The monoisotopic (exact) mass is 247 g/mol. The summed E-state index contributed by atoms with van der Waals surface area (Å²) in [6.45, 7) is 6.94. The highest BCUT2D eigenvalue weighted by molar-refractivity contribution is 5.99. The van der Waals surface area contributed by atoms with Crippen molar-refractivity contribution in [3.8, 4) is 0 Å². The van der Waals surface area contributed by atoms with Gasteiger partial charge >= 0.3 is 5.97 Å². The largest absolute Gasteiger partial charge is 0.466 e. The minimum atomic E-state index is -0.196. The van der Waals surface area contributed by atoms with Crippen LogP contribution in [0.1, 0.15) is 32.8 Å². The van der Waals surface area contributed by atoms with Crippen molar-refractivity contribution >= 4 is 11.7 Å². The van der Waals surface area contributed by atoms with Gasteiger partial charge in [-0.3, -0.25) is 9.79 Å². The number of hydrogen-bond donors (Lipinski definition) is 0. The Bertz CT molecular complexity index is 396. The molecule has 0 amide bonds. The maximum absolute atomic E-state index is 11.5. The van der Waals surface area contributed by atoms with E-state index in [1.807, 2.05) is 51.1 Å². The van der Waals surface area contributed by atoms with Gasteiger partial charge in [-0.1, -0.05) is 44.2 Å². The van der Waals surface area contributed by atoms with Crippen LogP contribution in [0.15, 0.2) is 35.3 Å². The van der Waals surface area contributed by atoms with Crippen molar-refractivity contribution in [1.82, 2.24) is 0 Å². The zero-order valence-corrected chi connectivity index (χ0v) is 11.3. The predicted octanol–water partition coefficient (Wildman–Crippen LogP) is 3.24. The van der Waals surface area contributed by atoms with E-state index in [0.717, 1.165) is 11.3 Å². The van der Waals surface area contributed by atoms with Crippen molar-refractivity contribution in [2.75, 3.05) is 6.61 Å². The van der Waals surface area contributed by atoms with Crippen molar-refractivity contribution in [3.63, 3.8) is 0 Å². The van der Waals surface area contributed by atoms with E-state index in [0.29, 0.717) is 19.6 Å². The van der Waals surface area contributed by atoms with E-state index < -0.39 is 0 Å². The van der Waals surface area contributed by atoms with Crippen LogP contribution >= 0.6 is 0 Å². The highest BCUT2D eigenvalue weighted by Gasteiger charge is 2.11. The second kappa shape index (κ2) is 7.64. The summed E-state index contributed by atoms with van der Waals surface area (Å²) in [5, 5.41) is 0. The fraction of sp³-hybridized carbons (Fsp3) is 0.467. The minimum absolute atomic E-state index is 0.196. The molecule has 3 nitrogen and oxygen atoms in total. The molecule has 0 aliphatic carbocycles. The predicted molar refractivity (Wildman–Crippen MR) is 73.7 cm³/mol. The summed E-state index contributed by atoms with van der Waals surface area (Å²) in [5.41, 5.74) is 2.05. The van der Waals surface area contributed by atoms with Crippen LogP contribution in [0.2, 0.25) is 0 Å². The summed E-state index contributed by atoms with van der Waals surface area (Å²) in [5.74, 6) is 0.0659. The topological polar surface area (TPSA) is 38.7 Å². The van der Waals surface area contributed by atoms with E-state index in [9.17, 15) is 4.79 Å². The first-order valence-electron chi connectivity index (χ1n) is 6.36. The summed E-state index contributed by atoms with van der Waals surface area (Å²) in [7, 11) is 0. The van der Waals surface area contributed by atoms with Gasteiger partial charge in [0.05, 0.1) is 19.6 Å². The van der Waals surface area contributed by atoms with Gasteiger partial charge in [0.2, 0.25) is 0 Å². The minimum Gasteiger partial charge on any atom is -0.466 e. The first kappa shape index (κ1) is 14.4. The van der Waals surface area contributed by atoms with Gasteiger partial charge in [0.15, 0.2) is 0 Å². The van der Waals surface area contributed by atoms with Crippen LogP contribution < -0.4 is 0 Å². The highest BCUT2D eigenvalue weighted by atomic mass is 16.5. The SMILES string of the molecule is CCOC(=O)CC(=NCc1ccccc1)C(C)C. The molecule has 0 fully saturated rings. The van der Waals surface area contributed by atoms with Crippen molar-refractivity contribution in [2.45, 2.75) is 33.7 Å². The standard InChI is InChI=1S/C15H21NO2/c1-4-18-15(17)10-14(12(2)3)16-11-13-8-6-5-7-9-13/h5-9,12H,4,10-11H2,1-3H3. The maximum Gasteiger partial charge on any atom is 0.311 e. The lowest BCUT2D eigenvalue weighted by atomic mass is 10.1. The average Bonchev–Trinajstić information content (AvgIpc) is 2.35. The lowest BCUT2D eigenvalue weighted by Gasteiger charge is -2.10. The molecule has 18 heavy (non-hydrogen) atoms. The van der Waals surface area contributed by atoms with Crippen LogP contribution in [0.25, 0.3) is 0 Å². The van der Waals surface area contributed by atoms with E-state index in [4.69, 9.17) is 4.74 Å². The van der Waals surface area contributed by atoms with E-state index >= 15 is 0 Å². The molecule has 0 saturated heterocycles. The summed E-state index contributed by atoms with van der Waals surface area (Å²) in [6, 6.07) is 10.0. The first-order chi connectivity index (χ1) is 8.63. The molecular formula is C15H21NO2. The van der Waals surface area contributed by atoms with Crippen LogP contribution in [-0.2, 0) is 16.1 Å². The second-order valence-electron chi connectivity index (χ2n) is 4.43. The Morgan fingerprint density at radius 2 is 1.94 bits per heavy atom. The third-order valence-electron chi connectivity index (χ3n) is 2.60. The molecule has 0 radical (unpaired) electrons. The van der Waals surface area contributed by atoms with Gasteiger partial charge in [-0.15, -0.1) is 0 Å². The quantitative estimate of drug-likeness (QED) is 0.572. The van der Waals surface area contributed by atoms with Crippen molar-refractivity contribution in [3.05, 3.63) is 35.9 Å². The number of benzene rings is 1. The lowest BCUT2D eigenvalue weighted by molar-refractivity contribution is -0.141. The van der Waals surface area contributed by atoms with Gasteiger partial charge in [0, 0.05) is 5.71 Å². The molecule has 3 heteroatoms. The zero-order valence-electron chi connectivity index (χ0n) is 11.3. The van der Waals surface area contributed by atoms with Gasteiger partial charge in [-0.05, 0) is 18.4 Å². The highest BCUT2D eigenvalue weighted by Crippen LogP contribution is 2.07. The smallest absolute Gasteiger partial charge is 0.311 e. The molecule has 0 aromatic heterocycles. The fourth-order valence-corrected chi connectivity index (χ4v) is 1.58. The van der Waals surface area contributed by atoms with Crippen molar-refractivity contribution in [1.29, 1.82) is 0 Å². The van der Waals surface area contributed by atoms with Crippen LogP contribution in [-0.4, -0.2) is 18.3 Å². The normalized spacial score (nSPS) is 11.7. The maximum atomic E-state index is 11.5. The van der Waals surface area contributed by atoms with Crippen LogP contribution in [0.5, 0.6) is 0 Å². The molecule has 1 aromatic carbocycles. The van der Waals surface area contributed by atoms with E-state index in [1.165, 1.54) is 0 Å². The Morgan fingerprint density at radius 1 is 1.28 bits per heavy atom. The Labute approximate surface area is 109 Å². The number of rotatable bonds is 6. The molecule has 1 aromatic rings. The molecule has 0 unspecified atom stereocenters. The van der Waals surface area contributed by atoms with E-state index in [-0.39, 0.29) is 11.9 Å². The molecule has 0 atom stereocenters. The summed E-state index contributed by atoms with van der Waals surface area (Å²) >= 11 is 0. The van der Waals surface area contributed by atoms with Gasteiger partial charge in [-0.2, -0.15) is 0 Å². The van der Waals surface area contributed by atoms with Gasteiger partial charge in [0.1, 0.15) is 0 Å². The number of hydrogen-bond acceptors (Lipinski definition) is 3. The number of carbonyl (C=O) groups excluding carboxylic acids is 1. The molecule has 0 spiro atoms.